The number of aromatic nitrogens is 2. The molecule has 7 nitrogen and oxygen atoms in total. The van der Waals surface area contributed by atoms with Crippen LogP contribution in [0.15, 0.2) is 16.7 Å². The number of nitrogens with zero attached hydrogens (tertiary/aromatic N) is 2. The van der Waals surface area contributed by atoms with Crippen LogP contribution in [0.1, 0.15) is 12.3 Å². The molecule has 2 heterocycles. The predicted molar refractivity (Wildman–Crippen MR) is 69.8 cm³/mol. The number of fused-ring (bicyclic) bond motifs is 1. The highest BCUT2D eigenvalue weighted by Gasteiger charge is 2.24. The number of nitrogens with two attached hydrogens (primary N) is 1. The molecule has 2 aromatic rings. The van der Waals surface area contributed by atoms with E-state index >= 15 is 0 Å². The second-order valence-electron chi connectivity index (χ2n) is 4.24. The number of hydrogen-bond acceptors (Lipinski definition) is 7. The third-order valence-corrected chi connectivity index (χ3v) is 2.96. The zero-order valence-corrected chi connectivity index (χ0v) is 11.1. The lowest BCUT2D eigenvalue weighted by atomic mass is 10.1. The summed E-state index contributed by atoms with van der Waals surface area (Å²) in [5.41, 5.74) is 6.11. The monoisotopic (exact) mass is 277 g/mol. The Morgan fingerprint density at radius 2 is 2.15 bits per heavy atom. The zero-order chi connectivity index (χ0) is 13.9. The van der Waals surface area contributed by atoms with Crippen molar-refractivity contribution in [2.45, 2.75) is 13.0 Å². The molecule has 0 unspecified atom stereocenters. The third-order valence-electron chi connectivity index (χ3n) is 2.96. The third kappa shape index (κ3) is 2.16. The van der Waals surface area contributed by atoms with Crippen molar-refractivity contribution in [3.8, 4) is 28.6 Å². The summed E-state index contributed by atoms with van der Waals surface area (Å²) in [6.07, 6.45) is 0.816. The van der Waals surface area contributed by atoms with Gasteiger partial charge in [-0.1, -0.05) is 5.16 Å². The quantitative estimate of drug-likeness (QED) is 0.905. The van der Waals surface area contributed by atoms with Crippen LogP contribution in [0.2, 0.25) is 0 Å². The van der Waals surface area contributed by atoms with Crippen molar-refractivity contribution in [2.24, 2.45) is 5.73 Å². The first-order chi connectivity index (χ1) is 9.83. The van der Waals surface area contributed by atoms with E-state index in [1.165, 1.54) is 0 Å². The summed E-state index contributed by atoms with van der Waals surface area (Å²) in [5.74, 6) is 2.56. The zero-order valence-electron chi connectivity index (χ0n) is 11.1. The van der Waals surface area contributed by atoms with Crippen LogP contribution in [0.5, 0.6) is 17.2 Å². The fraction of sp³-hybridized carbons (Fsp3) is 0.385. The fourth-order valence-corrected chi connectivity index (χ4v) is 2.04. The predicted octanol–water partition coefficient (Wildman–Crippen LogP) is 1.37. The lowest BCUT2D eigenvalue weighted by Gasteiger charge is -2.13. The van der Waals surface area contributed by atoms with E-state index < -0.39 is 0 Å². The molecule has 0 atom stereocenters. The highest BCUT2D eigenvalue weighted by atomic mass is 16.5. The number of rotatable bonds is 3. The minimum Gasteiger partial charge on any atom is -0.496 e. The molecule has 1 aliphatic rings. The van der Waals surface area contributed by atoms with E-state index in [-0.39, 0.29) is 6.54 Å². The summed E-state index contributed by atoms with van der Waals surface area (Å²) in [6, 6.07) is 3.61. The van der Waals surface area contributed by atoms with Crippen LogP contribution < -0.4 is 19.9 Å². The van der Waals surface area contributed by atoms with E-state index in [4.69, 9.17) is 24.5 Å². The summed E-state index contributed by atoms with van der Waals surface area (Å²) in [6.45, 7) is 1.36. The van der Waals surface area contributed by atoms with Crippen LogP contribution in [0, 0.1) is 0 Å². The molecule has 0 radical (unpaired) electrons. The SMILES string of the molecule is COc1ccc2c(c1-c1noc(CN)n1)OCCCO2. The van der Waals surface area contributed by atoms with Gasteiger partial charge < -0.3 is 24.5 Å². The Balaban J connectivity index is 2.15. The molecule has 0 spiro atoms. The van der Waals surface area contributed by atoms with Gasteiger partial charge >= 0.3 is 0 Å². The maximum absolute atomic E-state index is 5.76. The summed E-state index contributed by atoms with van der Waals surface area (Å²) < 4.78 is 21.8. The standard InChI is InChI=1S/C13H15N3O4/c1-17-8-3-4-9-12(19-6-2-5-18-9)11(8)13-15-10(7-14)20-16-13/h3-4H,2,5-7,14H2,1H3. The molecule has 0 saturated carbocycles. The Labute approximate surface area is 115 Å². The Kier molecular flexibility index (Phi) is 3.42. The van der Waals surface area contributed by atoms with Gasteiger partial charge in [-0.3, -0.25) is 0 Å². The Morgan fingerprint density at radius 3 is 2.90 bits per heavy atom. The van der Waals surface area contributed by atoms with Gasteiger partial charge in [-0.05, 0) is 12.1 Å². The average Bonchev–Trinajstić information content (AvgIpc) is 2.83. The van der Waals surface area contributed by atoms with Gasteiger partial charge in [-0.15, -0.1) is 0 Å². The smallest absolute Gasteiger partial charge is 0.240 e. The van der Waals surface area contributed by atoms with Gasteiger partial charge in [0.1, 0.15) is 11.3 Å². The van der Waals surface area contributed by atoms with Gasteiger partial charge in [-0.25, -0.2) is 0 Å². The van der Waals surface area contributed by atoms with Gasteiger partial charge in [0, 0.05) is 6.42 Å². The highest BCUT2D eigenvalue weighted by molar-refractivity contribution is 5.75. The second-order valence-corrected chi connectivity index (χ2v) is 4.24. The summed E-state index contributed by atoms with van der Waals surface area (Å²) in [7, 11) is 1.58. The number of hydrogen-bond donors (Lipinski definition) is 1. The first-order valence-electron chi connectivity index (χ1n) is 6.33. The topological polar surface area (TPSA) is 92.6 Å². The molecule has 3 rings (SSSR count). The van der Waals surface area contributed by atoms with Crippen molar-refractivity contribution in [1.29, 1.82) is 0 Å². The van der Waals surface area contributed by atoms with Crippen molar-refractivity contribution in [3.63, 3.8) is 0 Å². The van der Waals surface area contributed by atoms with E-state index in [1.54, 1.807) is 13.2 Å². The lowest BCUT2D eigenvalue weighted by molar-refractivity contribution is 0.297. The van der Waals surface area contributed by atoms with E-state index in [1.807, 2.05) is 6.07 Å². The average molecular weight is 277 g/mol. The van der Waals surface area contributed by atoms with Crippen LogP contribution in [-0.4, -0.2) is 30.5 Å². The molecule has 1 aromatic carbocycles. The Hall–Kier alpha value is -2.28. The van der Waals surface area contributed by atoms with E-state index in [2.05, 4.69) is 10.1 Å². The fourth-order valence-electron chi connectivity index (χ4n) is 2.04. The summed E-state index contributed by atoms with van der Waals surface area (Å²) in [5, 5.41) is 3.92. The van der Waals surface area contributed by atoms with Crippen molar-refractivity contribution in [3.05, 3.63) is 18.0 Å². The van der Waals surface area contributed by atoms with E-state index in [9.17, 15) is 0 Å². The van der Waals surface area contributed by atoms with Gasteiger partial charge in [0.15, 0.2) is 11.5 Å². The Morgan fingerprint density at radius 1 is 1.30 bits per heavy atom. The molecule has 2 N–H and O–H groups in total. The molecule has 1 aromatic heterocycles. The first kappa shape index (κ1) is 12.7. The van der Waals surface area contributed by atoms with Crippen molar-refractivity contribution in [2.75, 3.05) is 20.3 Å². The molecule has 106 valence electrons. The minimum absolute atomic E-state index is 0.182. The van der Waals surface area contributed by atoms with Gasteiger partial charge in [-0.2, -0.15) is 4.98 Å². The normalized spacial score (nSPS) is 13.9. The Bertz CT molecular complexity index is 612. The number of methoxy groups -OCH3 is 1. The van der Waals surface area contributed by atoms with Crippen LogP contribution in [0.3, 0.4) is 0 Å². The molecular formula is C13H15N3O4. The molecule has 1 aliphatic heterocycles. The second kappa shape index (κ2) is 5.38. The van der Waals surface area contributed by atoms with E-state index in [0.29, 0.717) is 47.7 Å². The minimum atomic E-state index is 0.182. The van der Waals surface area contributed by atoms with Crippen LogP contribution in [0.25, 0.3) is 11.4 Å². The number of benzene rings is 1. The molecule has 0 amide bonds. The maximum Gasteiger partial charge on any atom is 0.240 e. The van der Waals surface area contributed by atoms with Crippen LogP contribution in [0.4, 0.5) is 0 Å². The summed E-state index contributed by atoms with van der Waals surface area (Å²) >= 11 is 0. The van der Waals surface area contributed by atoms with E-state index in [0.717, 1.165) is 6.42 Å². The molecular weight excluding hydrogens is 262 g/mol. The van der Waals surface area contributed by atoms with Crippen LogP contribution in [-0.2, 0) is 6.54 Å². The van der Waals surface area contributed by atoms with Crippen LogP contribution >= 0.6 is 0 Å². The van der Waals surface area contributed by atoms with Crippen molar-refractivity contribution < 1.29 is 18.7 Å². The van der Waals surface area contributed by atoms with Gasteiger partial charge in [0.25, 0.3) is 0 Å². The molecule has 0 saturated heterocycles. The largest absolute Gasteiger partial charge is 0.496 e. The maximum atomic E-state index is 5.76. The molecule has 7 heteroatoms. The first-order valence-corrected chi connectivity index (χ1v) is 6.33. The lowest BCUT2D eigenvalue weighted by Crippen LogP contribution is -1.99. The highest BCUT2D eigenvalue weighted by Crippen LogP contribution is 2.44. The van der Waals surface area contributed by atoms with Gasteiger partial charge in [0.05, 0.1) is 26.9 Å². The number of ether oxygens (including phenoxy) is 3. The molecule has 0 aliphatic carbocycles. The van der Waals surface area contributed by atoms with Gasteiger partial charge in [0.2, 0.25) is 11.7 Å². The van der Waals surface area contributed by atoms with Crippen molar-refractivity contribution in [1.82, 2.24) is 10.1 Å². The summed E-state index contributed by atoms with van der Waals surface area (Å²) in [4.78, 5) is 4.23. The molecule has 20 heavy (non-hydrogen) atoms. The van der Waals surface area contributed by atoms with Crippen molar-refractivity contribution >= 4 is 0 Å². The molecule has 0 fully saturated rings. The molecule has 0 bridgehead atoms.